The van der Waals surface area contributed by atoms with Crippen LogP contribution in [0.2, 0.25) is 0 Å². The number of hydrogen-bond donors (Lipinski definition) is 0. The highest BCUT2D eigenvalue weighted by Gasteiger charge is 2.39. The van der Waals surface area contributed by atoms with Crippen molar-refractivity contribution in [2.75, 3.05) is 9.80 Å². The Morgan fingerprint density at radius 3 is 1.08 bits per heavy atom. The number of aromatic nitrogens is 2. The van der Waals surface area contributed by atoms with Gasteiger partial charge < -0.3 is 14.4 Å². The van der Waals surface area contributed by atoms with Gasteiger partial charge in [-0.1, -0.05) is 131 Å². The van der Waals surface area contributed by atoms with Crippen LogP contribution < -0.4 is 26.0 Å². The van der Waals surface area contributed by atoms with Gasteiger partial charge in [0.1, 0.15) is 10.9 Å². The molecular formula is C46H39N4OP. The first-order chi connectivity index (χ1) is 25.2. The highest BCUT2D eigenvalue weighted by molar-refractivity contribution is 7.84. The lowest BCUT2D eigenvalue weighted by molar-refractivity contribution is 0.591. The van der Waals surface area contributed by atoms with Gasteiger partial charge in [0, 0.05) is 16.1 Å². The van der Waals surface area contributed by atoms with E-state index in [1.165, 1.54) is 22.3 Å². The Labute approximate surface area is 305 Å². The van der Waals surface area contributed by atoms with E-state index in [2.05, 4.69) is 135 Å². The molecule has 5 aromatic carbocycles. The number of benzene rings is 5. The minimum atomic E-state index is -3.46. The van der Waals surface area contributed by atoms with Gasteiger partial charge in [-0.15, -0.1) is 0 Å². The minimum absolute atomic E-state index is 0.160. The molecule has 5 nitrogen and oxygen atoms in total. The molecule has 2 aromatic heterocycles. The van der Waals surface area contributed by atoms with Gasteiger partial charge in [-0.05, 0) is 70.8 Å². The molecule has 0 unspecified atom stereocenters. The fourth-order valence-electron chi connectivity index (χ4n) is 8.31. The summed E-state index contributed by atoms with van der Waals surface area (Å²) in [5.41, 5.74) is 12.0. The fourth-order valence-corrected chi connectivity index (χ4v) is 10.7. The van der Waals surface area contributed by atoms with Crippen molar-refractivity contribution in [3.8, 4) is 0 Å². The highest BCUT2D eigenvalue weighted by Crippen LogP contribution is 2.53. The maximum atomic E-state index is 15.6. The van der Waals surface area contributed by atoms with Crippen molar-refractivity contribution in [2.24, 2.45) is 0 Å². The Morgan fingerprint density at radius 1 is 0.423 bits per heavy atom. The Kier molecular flexibility index (Phi) is 7.36. The summed E-state index contributed by atoms with van der Waals surface area (Å²) in [5, 5.41) is 0.696. The minimum Gasteiger partial charge on any atom is -0.308 e. The Hall–Kier alpha value is -5.77. The van der Waals surface area contributed by atoms with Crippen molar-refractivity contribution in [2.45, 2.75) is 38.5 Å². The molecule has 9 rings (SSSR count). The maximum Gasteiger partial charge on any atom is 0.205 e. The molecule has 0 saturated carbocycles. The summed E-state index contributed by atoms with van der Waals surface area (Å²) >= 11 is 0. The van der Waals surface area contributed by atoms with Crippen LogP contribution in [0.1, 0.15) is 49.9 Å². The van der Waals surface area contributed by atoms with Gasteiger partial charge in [0.25, 0.3) is 0 Å². The van der Waals surface area contributed by atoms with E-state index in [0.29, 0.717) is 16.2 Å². The molecule has 0 fully saturated rings. The molecule has 0 spiro atoms. The second-order valence-electron chi connectivity index (χ2n) is 14.7. The monoisotopic (exact) mass is 694 g/mol. The Bertz CT molecular complexity index is 2250. The van der Waals surface area contributed by atoms with Crippen LogP contribution in [0.4, 0.5) is 34.1 Å². The SMILES string of the molecule is CC1(C)c2ccccc2N(c2ccc(P(=O)(c3ccccc3)c3ccc(N4c5ccccc5C(C)(C)c5ccccc54)cn3)nc2)c2ccccc21. The van der Waals surface area contributed by atoms with Gasteiger partial charge in [0.2, 0.25) is 7.14 Å². The molecule has 6 heteroatoms. The first kappa shape index (κ1) is 32.2. The summed E-state index contributed by atoms with van der Waals surface area (Å²) in [6.45, 7) is 9.12. The van der Waals surface area contributed by atoms with E-state index in [-0.39, 0.29) is 10.8 Å². The predicted molar refractivity (Wildman–Crippen MR) is 215 cm³/mol. The highest BCUT2D eigenvalue weighted by atomic mass is 31.2. The van der Waals surface area contributed by atoms with Crippen LogP contribution in [-0.4, -0.2) is 9.97 Å². The van der Waals surface area contributed by atoms with Crippen LogP contribution in [-0.2, 0) is 15.4 Å². The molecule has 0 amide bonds. The lowest BCUT2D eigenvalue weighted by Crippen LogP contribution is -2.32. The summed E-state index contributed by atoms with van der Waals surface area (Å²) in [6, 6.07) is 51.8. The number of pyridine rings is 2. The summed E-state index contributed by atoms with van der Waals surface area (Å²) in [7, 11) is -3.46. The second kappa shape index (κ2) is 11.9. The Morgan fingerprint density at radius 2 is 0.750 bits per heavy atom. The topological polar surface area (TPSA) is 49.3 Å². The van der Waals surface area contributed by atoms with Crippen LogP contribution in [0.5, 0.6) is 0 Å². The summed E-state index contributed by atoms with van der Waals surface area (Å²) < 4.78 is 15.6. The third kappa shape index (κ3) is 4.73. The van der Waals surface area contributed by atoms with Gasteiger partial charge in [-0.2, -0.15) is 0 Å². The number of anilines is 6. The molecule has 0 saturated heterocycles. The molecule has 254 valence electrons. The smallest absolute Gasteiger partial charge is 0.205 e. The van der Waals surface area contributed by atoms with E-state index in [1.54, 1.807) is 0 Å². The van der Waals surface area contributed by atoms with Gasteiger partial charge >= 0.3 is 0 Å². The van der Waals surface area contributed by atoms with E-state index >= 15 is 4.57 Å². The van der Waals surface area contributed by atoms with E-state index < -0.39 is 7.14 Å². The molecule has 0 atom stereocenters. The maximum absolute atomic E-state index is 15.6. The van der Waals surface area contributed by atoms with Gasteiger partial charge in [-0.3, -0.25) is 9.97 Å². The van der Waals surface area contributed by atoms with Crippen molar-refractivity contribution in [3.05, 3.63) is 186 Å². The van der Waals surface area contributed by atoms with Crippen LogP contribution in [0.15, 0.2) is 164 Å². The van der Waals surface area contributed by atoms with Crippen molar-refractivity contribution in [3.63, 3.8) is 0 Å². The largest absolute Gasteiger partial charge is 0.308 e. The van der Waals surface area contributed by atoms with Crippen LogP contribution >= 0.6 is 7.14 Å². The molecule has 0 N–H and O–H groups in total. The molecule has 7 aromatic rings. The summed E-state index contributed by atoms with van der Waals surface area (Å²) in [6.07, 6.45) is 3.71. The summed E-state index contributed by atoms with van der Waals surface area (Å²) in [5.74, 6) is 0. The standard InChI is InChI=1S/C46H39N4OP/c1-45(2)35-18-8-12-22-39(35)49(40-23-13-9-19-36(40)45)32-26-28-43(47-30-32)52(51,34-16-6-5-7-17-34)44-29-27-33(31-48-44)50-41-24-14-10-20-37(41)46(3,4)38-21-11-15-25-42(38)50/h5-31H,1-4H3. The Balaban J connectivity index is 1.14. The van der Waals surface area contributed by atoms with Gasteiger partial charge in [0.05, 0.1) is 46.5 Å². The lowest BCUT2D eigenvalue weighted by atomic mass is 9.73. The lowest BCUT2D eigenvalue weighted by Gasteiger charge is -2.42. The van der Waals surface area contributed by atoms with Crippen molar-refractivity contribution < 1.29 is 4.57 Å². The number of hydrogen-bond acceptors (Lipinski definition) is 5. The number of rotatable bonds is 5. The van der Waals surface area contributed by atoms with E-state index in [9.17, 15) is 0 Å². The van der Waals surface area contributed by atoms with Crippen LogP contribution in [0.25, 0.3) is 0 Å². The fraction of sp³-hybridized carbons (Fsp3) is 0.130. The second-order valence-corrected chi connectivity index (χ2v) is 17.3. The van der Waals surface area contributed by atoms with E-state index in [0.717, 1.165) is 34.1 Å². The first-order valence-corrected chi connectivity index (χ1v) is 19.5. The van der Waals surface area contributed by atoms with Crippen LogP contribution in [0, 0.1) is 0 Å². The average Bonchev–Trinajstić information content (AvgIpc) is 3.19. The van der Waals surface area contributed by atoms with Crippen LogP contribution in [0.3, 0.4) is 0 Å². The third-order valence-corrected chi connectivity index (χ3v) is 13.9. The van der Waals surface area contributed by atoms with Gasteiger partial charge in [0.15, 0.2) is 0 Å². The third-order valence-electron chi connectivity index (χ3n) is 11.0. The molecule has 2 aliphatic rings. The molecule has 0 radical (unpaired) electrons. The van der Waals surface area contributed by atoms with Crippen molar-refractivity contribution in [1.29, 1.82) is 0 Å². The summed E-state index contributed by atoms with van der Waals surface area (Å²) in [4.78, 5) is 14.5. The van der Waals surface area contributed by atoms with E-state index in [1.807, 2.05) is 67.0 Å². The number of para-hydroxylation sites is 4. The quantitative estimate of drug-likeness (QED) is 0.168. The average molecular weight is 695 g/mol. The normalized spacial score (nSPS) is 15.2. The van der Waals surface area contributed by atoms with Gasteiger partial charge in [-0.25, -0.2) is 0 Å². The zero-order valence-corrected chi connectivity index (χ0v) is 30.6. The van der Waals surface area contributed by atoms with Crippen molar-refractivity contribution >= 4 is 57.4 Å². The number of nitrogens with zero attached hydrogens (tertiary/aromatic N) is 4. The molecule has 0 aliphatic carbocycles. The molecule has 2 aliphatic heterocycles. The zero-order valence-electron chi connectivity index (χ0n) is 29.7. The molecule has 52 heavy (non-hydrogen) atoms. The molecule has 4 heterocycles. The molecular weight excluding hydrogens is 656 g/mol. The van der Waals surface area contributed by atoms with Crippen molar-refractivity contribution in [1.82, 2.24) is 9.97 Å². The number of fused-ring (bicyclic) bond motifs is 4. The first-order valence-electron chi connectivity index (χ1n) is 17.8. The molecule has 0 bridgehead atoms. The predicted octanol–water partition coefficient (Wildman–Crippen LogP) is 10.3. The zero-order chi connectivity index (χ0) is 35.7. The van der Waals surface area contributed by atoms with E-state index in [4.69, 9.17) is 9.97 Å².